The molecule has 1 heterocycles. The lowest BCUT2D eigenvalue weighted by Gasteiger charge is -2.28. The van der Waals surface area contributed by atoms with Crippen molar-refractivity contribution < 1.29 is 4.74 Å². The third-order valence-corrected chi connectivity index (χ3v) is 4.29. The zero-order valence-corrected chi connectivity index (χ0v) is 10.3. The normalized spacial score (nSPS) is 22.4. The summed E-state index contributed by atoms with van der Waals surface area (Å²) in [5.74, 6) is 0.684. The first kappa shape index (κ1) is 11.2. The molecule has 2 heteroatoms. The summed E-state index contributed by atoms with van der Waals surface area (Å²) in [6.45, 7) is 1.54. The molecule has 0 bridgehead atoms. The van der Waals surface area contributed by atoms with Crippen LogP contribution < -0.4 is 5.73 Å². The second-order valence-corrected chi connectivity index (χ2v) is 5.44. The van der Waals surface area contributed by atoms with E-state index in [1.54, 1.807) is 0 Å². The van der Waals surface area contributed by atoms with Crippen LogP contribution in [-0.4, -0.2) is 0 Å². The smallest absolute Gasteiger partial charge is 0.0725 e. The van der Waals surface area contributed by atoms with E-state index in [1.165, 1.54) is 48.8 Å². The van der Waals surface area contributed by atoms with Crippen LogP contribution in [0.4, 0.5) is 0 Å². The summed E-state index contributed by atoms with van der Waals surface area (Å²) in [5.41, 5.74) is 10.4. The van der Waals surface area contributed by atoms with Gasteiger partial charge < -0.3 is 10.5 Å². The van der Waals surface area contributed by atoms with Gasteiger partial charge in [-0.2, -0.15) is 0 Å². The van der Waals surface area contributed by atoms with Gasteiger partial charge in [0.05, 0.1) is 13.2 Å². The van der Waals surface area contributed by atoms with Gasteiger partial charge in [0.2, 0.25) is 0 Å². The van der Waals surface area contributed by atoms with Crippen LogP contribution in [0.3, 0.4) is 0 Å². The molecule has 2 N–H and O–H groups in total. The Morgan fingerprint density at radius 1 is 1.06 bits per heavy atom. The van der Waals surface area contributed by atoms with E-state index in [0.717, 1.165) is 13.2 Å². The van der Waals surface area contributed by atoms with Crippen molar-refractivity contribution >= 4 is 0 Å². The monoisotopic (exact) mass is 231 g/mol. The Balaban J connectivity index is 1.78. The molecule has 1 aliphatic heterocycles. The van der Waals surface area contributed by atoms with Gasteiger partial charge in [-0.05, 0) is 35.4 Å². The largest absolute Gasteiger partial charge is 0.372 e. The van der Waals surface area contributed by atoms with Gasteiger partial charge in [-0.1, -0.05) is 37.5 Å². The van der Waals surface area contributed by atoms with Crippen LogP contribution in [0.25, 0.3) is 0 Å². The topological polar surface area (TPSA) is 35.2 Å². The van der Waals surface area contributed by atoms with E-state index in [9.17, 15) is 0 Å². The van der Waals surface area contributed by atoms with E-state index >= 15 is 0 Å². The second kappa shape index (κ2) is 4.79. The van der Waals surface area contributed by atoms with E-state index in [1.807, 2.05) is 0 Å². The predicted molar refractivity (Wildman–Crippen MR) is 68.4 cm³/mol. The Kier molecular flexibility index (Phi) is 3.17. The minimum absolute atomic E-state index is 0.223. The van der Waals surface area contributed by atoms with Gasteiger partial charge in [-0.25, -0.2) is 0 Å². The second-order valence-electron chi connectivity index (χ2n) is 5.44. The van der Waals surface area contributed by atoms with E-state index < -0.39 is 0 Å². The SMILES string of the molecule is NC(c1ccc2c(c1)COC2)C1CCCCC1. The molecule has 92 valence electrons. The summed E-state index contributed by atoms with van der Waals surface area (Å²) in [7, 11) is 0. The lowest BCUT2D eigenvalue weighted by atomic mass is 9.81. The van der Waals surface area contributed by atoms with Crippen molar-refractivity contribution in [1.29, 1.82) is 0 Å². The predicted octanol–water partition coefficient (Wildman–Crippen LogP) is 3.30. The lowest BCUT2D eigenvalue weighted by molar-refractivity contribution is 0.134. The lowest BCUT2D eigenvalue weighted by Crippen LogP contribution is -2.23. The van der Waals surface area contributed by atoms with Crippen LogP contribution in [0.1, 0.15) is 54.8 Å². The van der Waals surface area contributed by atoms with Gasteiger partial charge in [-0.15, -0.1) is 0 Å². The zero-order chi connectivity index (χ0) is 11.7. The number of benzene rings is 1. The van der Waals surface area contributed by atoms with Crippen molar-refractivity contribution in [3.05, 3.63) is 34.9 Å². The highest BCUT2D eigenvalue weighted by molar-refractivity contribution is 5.34. The van der Waals surface area contributed by atoms with Gasteiger partial charge in [-0.3, -0.25) is 0 Å². The third kappa shape index (κ3) is 2.24. The van der Waals surface area contributed by atoms with Crippen LogP contribution in [0.5, 0.6) is 0 Å². The van der Waals surface area contributed by atoms with Crippen molar-refractivity contribution in [3.8, 4) is 0 Å². The van der Waals surface area contributed by atoms with Crippen LogP contribution in [0, 0.1) is 5.92 Å². The highest BCUT2D eigenvalue weighted by Crippen LogP contribution is 2.34. The van der Waals surface area contributed by atoms with E-state index in [-0.39, 0.29) is 6.04 Å². The molecule has 1 aromatic rings. The molecule has 1 aliphatic carbocycles. The Morgan fingerprint density at radius 2 is 1.82 bits per heavy atom. The van der Waals surface area contributed by atoms with Gasteiger partial charge in [0.15, 0.2) is 0 Å². The Labute approximate surface area is 103 Å². The van der Waals surface area contributed by atoms with E-state index in [2.05, 4.69) is 18.2 Å². The Morgan fingerprint density at radius 3 is 2.65 bits per heavy atom. The van der Waals surface area contributed by atoms with Crippen molar-refractivity contribution in [1.82, 2.24) is 0 Å². The van der Waals surface area contributed by atoms with Crippen molar-refractivity contribution in [2.45, 2.75) is 51.4 Å². The first-order valence-corrected chi connectivity index (χ1v) is 6.79. The molecule has 1 atom stereocenters. The summed E-state index contributed by atoms with van der Waals surface area (Å²) in [6.07, 6.45) is 6.70. The summed E-state index contributed by atoms with van der Waals surface area (Å²) in [6, 6.07) is 6.88. The summed E-state index contributed by atoms with van der Waals surface area (Å²) >= 11 is 0. The number of hydrogen-bond acceptors (Lipinski definition) is 2. The fourth-order valence-corrected chi connectivity index (χ4v) is 3.16. The standard InChI is InChI=1S/C15H21NO/c16-15(11-4-2-1-3-5-11)12-6-7-13-9-17-10-14(13)8-12/h6-8,11,15H,1-5,9-10,16H2. The molecular weight excluding hydrogens is 210 g/mol. The zero-order valence-electron chi connectivity index (χ0n) is 10.3. The van der Waals surface area contributed by atoms with Crippen molar-refractivity contribution in [3.63, 3.8) is 0 Å². The molecule has 2 nitrogen and oxygen atoms in total. The molecule has 0 saturated heterocycles. The maximum absolute atomic E-state index is 6.42. The van der Waals surface area contributed by atoms with Gasteiger partial charge in [0.1, 0.15) is 0 Å². The minimum Gasteiger partial charge on any atom is -0.372 e. The molecule has 1 aromatic carbocycles. The number of nitrogens with two attached hydrogens (primary N) is 1. The first-order valence-electron chi connectivity index (χ1n) is 6.79. The maximum atomic E-state index is 6.42. The number of hydrogen-bond donors (Lipinski definition) is 1. The molecular formula is C15H21NO. The average molecular weight is 231 g/mol. The van der Waals surface area contributed by atoms with Crippen LogP contribution in [0.15, 0.2) is 18.2 Å². The summed E-state index contributed by atoms with van der Waals surface area (Å²) in [5, 5.41) is 0. The van der Waals surface area contributed by atoms with Crippen LogP contribution in [0.2, 0.25) is 0 Å². The van der Waals surface area contributed by atoms with Crippen molar-refractivity contribution in [2.24, 2.45) is 11.7 Å². The molecule has 0 amide bonds. The Hall–Kier alpha value is -0.860. The van der Waals surface area contributed by atoms with E-state index in [4.69, 9.17) is 10.5 Å². The fraction of sp³-hybridized carbons (Fsp3) is 0.600. The fourth-order valence-electron chi connectivity index (χ4n) is 3.16. The van der Waals surface area contributed by atoms with Gasteiger partial charge in [0, 0.05) is 6.04 Å². The van der Waals surface area contributed by atoms with Crippen LogP contribution >= 0.6 is 0 Å². The van der Waals surface area contributed by atoms with Gasteiger partial charge in [0.25, 0.3) is 0 Å². The number of rotatable bonds is 2. The minimum atomic E-state index is 0.223. The Bertz CT molecular complexity index is 396. The molecule has 2 aliphatic rings. The third-order valence-electron chi connectivity index (χ3n) is 4.29. The molecule has 0 aromatic heterocycles. The average Bonchev–Trinajstić information content (AvgIpc) is 2.86. The molecule has 0 radical (unpaired) electrons. The highest BCUT2D eigenvalue weighted by Gasteiger charge is 2.23. The summed E-state index contributed by atoms with van der Waals surface area (Å²) < 4.78 is 5.45. The van der Waals surface area contributed by atoms with Crippen LogP contribution in [-0.2, 0) is 18.0 Å². The first-order chi connectivity index (χ1) is 8.34. The maximum Gasteiger partial charge on any atom is 0.0725 e. The molecule has 1 fully saturated rings. The molecule has 3 rings (SSSR count). The molecule has 0 spiro atoms. The van der Waals surface area contributed by atoms with Gasteiger partial charge >= 0.3 is 0 Å². The number of fused-ring (bicyclic) bond motifs is 1. The number of ether oxygens (including phenoxy) is 1. The molecule has 1 unspecified atom stereocenters. The highest BCUT2D eigenvalue weighted by atomic mass is 16.5. The quantitative estimate of drug-likeness (QED) is 0.847. The summed E-state index contributed by atoms with van der Waals surface area (Å²) in [4.78, 5) is 0. The molecule has 1 saturated carbocycles. The molecule has 17 heavy (non-hydrogen) atoms. The van der Waals surface area contributed by atoms with Crippen molar-refractivity contribution in [2.75, 3.05) is 0 Å². The van der Waals surface area contributed by atoms with E-state index in [0.29, 0.717) is 5.92 Å².